The SMILES string of the molecule is CC(=O)c1cc(C(C)(C)C)c(OCc2ccccc2)cc1C.Cc1cc(OCc2ccccc2)c(C(C)(C)C)cc1C(=O)O. The molecule has 4 aromatic rings. The summed E-state index contributed by atoms with van der Waals surface area (Å²) in [6.45, 7) is 18.9. The Labute approximate surface area is 262 Å². The van der Waals surface area contributed by atoms with E-state index in [0.29, 0.717) is 24.3 Å². The third kappa shape index (κ3) is 9.31. The Kier molecular flexibility index (Phi) is 11.2. The van der Waals surface area contributed by atoms with Gasteiger partial charge in [-0.15, -0.1) is 0 Å². The number of carbonyl (C=O) groups is 2. The first-order valence-corrected chi connectivity index (χ1v) is 15.0. The standard InChI is InChI=1S/C20H24O2.C19H22O3/c1-14-11-19(22-13-16-9-7-6-8-10-16)18(20(3,4)5)12-17(14)15(2)21;1-13-10-17(22-12-14-8-6-5-7-9-14)16(19(2,3)4)11-15(13)18(20)21/h6-12H,13H2,1-5H3;5-11H,12H2,1-4H3,(H,20,21). The molecule has 0 spiro atoms. The van der Waals surface area contributed by atoms with Crippen molar-refractivity contribution in [3.63, 3.8) is 0 Å². The number of rotatable bonds is 8. The normalized spacial score (nSPS) is 11.3. The molecule has 232 valence electrons. The highest BCUT2D eigenvalue weighted by Gasteiger charge is 2.23. The first-order chi connectivity index (χ1) is 20.6. The minimum Gasteiger partial charge on any atom is -0.489 e. The topological polar surface area (TPSA) is 72.8 Å². The smallest absolute Gasteiger partial charge is 0.335 e. The number of benzene rings is 4. The van der Waals surface area contributed by atoms with Crippen molar-refractivity contribution < 1.29 is 24.2 Å². The summed E-state index contributed by atoms with van der Waals surface area (Å²) in [7, 11) is 0. The van der Waals surface area contributed by atoms with Gasteiger partial charge in [0, 0.05) is 16.7 Å². The van der Waals surface area contributed by atoms with E-state index in [4.69, 9.17) is 9.47 Å². The van der Waals surface area contributed by atoms with Crippen LogP contribution in [0.2, 0.25) is 0 Å². The highest BCUT2D eigenvalue weighted by atomic mass is 16.5. The van der Waals surface area contributed by atoms with E-state index in [0.717, 1.165) is 44.9 Å². The molecule has 5 nitrogen and oxygen atoms in total. The maximum Gasteiger partial charge on any atom is 0.335 e. The number of carboxylic acid groups (broad SMARTS) is 1. The van der Waals surface area contributed by atoms with Crippen LogP contribution in [0.3, 0.4) is 0 Å². The van der Waals surface area contributed by atoms with E-state index in [1.807, 2.05) is 85.8 Å². The molecule has 0 saturated heterocycles. The Morgan fingerprint density at radius 2 is 0.977 bits per heavy atom. The molecule has 4 rings (SSSR count). The molecule has 4 aromatic carbocycles. The van der Waals surface area contributed by atoms with Crippen LogP contribution in [0.5, 0.6) is 11.5 Å². The van der Waals surface area contributed by atoms with Gasteiger partial charge < -0.3 is 14.6 Å². The van der Waals surface area contributed by atoms with Gasteiger partial charge >= 0.3 is 5.97 Å². The molecule has 5 heteroatoms. The highest BCUT2D eigenvalue weighted by molar-refractivity contribution is 5.96. The number of hydrogen-bond acceptors (Lipinski definition) is 4. The number of aryl methyl sites for hydroxylation is 2. The third-order valence-corrected chi connectivity index (χ3v) is 7.35. The summed E-state index contributed by atoms with van der Waals surface area (Å²) in [4.78, 5) is 23.1. The van der Waals surface area contributed by atoms with Crippen LogP contribution in [-0.4, -0.2) is 16.9 Å². The molecule has 0 radical (unpaired) electrons. The number of Topliss-reactive ketones (excluding diaryl/α,β-unsaturated/α-hetero) is 1. The summed E-state index contributed by atoms with van der Waals surface area (Å²) in [6, 6.07) is 27.6. The van der Waals surface area contributed by atoms with Gasteiger partial charge in [0.25, 0.3) is 0 Å². The molecule has 0 aliphatic carbocycles. The molecule has 1 N–H and O–H groups in total. The molecule has 0 amide bonds. The van der Waals surface area contributed by atoms with Crippen molar-refractivity contribution in [1.29, 1.82) is 0 Å². The van der Waals surface area contributed by atoms with Crippen LogP contribution in [-0.2, 0) is 24.0 Å². The third-order valence-electron chi connectivity index (χ3n) is 7.35. The number of ketones is 1. The first-order valence-electron chi connectivity index (χ1n) is 15.0. The monoisotopic (exact) mass is 594 g/mol. The Morgan fingerprint density at radius 1 is 0.614 bits per heavy atom. The summed E-state index contributed by atoms with van der Waals surface area (Å²) < 4.78 is 12.0. The maximum absolute atomic E-state index is 11.8. The Balaban J connectivity index is 0.000000240. The van der Waals surface area contributed by atoms with Crippen molar-refractivity contribution in [2.75, 3.05) is 0 Å². The molecule has 0 aromatic heterocycles. The Bertz CT molecular complexity index is 1450. The molecular weight excluding hydrogens is 548 g/mol. The van der Waals surface area contributed by atoms with E-state index in [1.54, 1.807) is 19.9 Å². The van der Waals surface area contributed by atoms with Crippen LogP contribution in [0, 0.1) is 13.8 Å². The number of ether oxygens (including phenoxy) is 2. The van der Waals surface area contributed by atoms with Crippen LogP contribution in [0.15, 0.2) is 84.9 Å². The van der Waals surface area contributed by atoms with Gasteiger partial charge in [0.1, 0.15) is 24.7 Å². The molecule has 0 atom stereocenters. The Hall–Kier alpha value is -4.38. The van der Waals surface area contributed by atoms with Crippen LogP contribution in [0.4, 0.5) is 0 Å². The lowest BCUT2D eigenvalue weighted by Crippen LogP contribution is -2.15. The lowest BCUT2D eigenvalue weighted by atomic mass is 9.84. The molecule has 44 heavy (non-hydrogen) atoms. The first kappa shape index (κ1) is 34.1. The van der Waals surface area contributed by atoms with Crippen LogP contribution in [0.1, 0.15) is 103 Å². The van der Waals surface area contributed by atoms with Crippen molar-refractivity contribution >= 4 is 11.8 Å². The van der Waals surface area contributed by atoms with E-state index in [9.17, 15) is 14.7 Å². The quantitative estimate of drug-likeness (QED) is 0.206. The lowest BCUT2D eigenvalue weighted by molar-refractivity contribution is 0.0695. The van der Waals surface area contributed by atoms with Gasteiger partial charge in [-0.05, 0) is 78.1 Å². The van der Waals surface area contributed by atoms with Gasteiger partial charge in [0.2, 0.25) is 0 Å². The zero-order valence-corrected chi connectivity index (χ0v) is 27.6. The second-order valence-electron chi connectivity index (χ2n) is 13.2. The highest BCUT2D eigenvalue weighted by Crippen LogP contribution is 2.35. The van der Waals surface area contributed by atoms with E-state index in [1.165, 1.54) is 0 Å². The number of carboxylic acids is 1. The van der Waals surface area contributed by atoms with E-state index in [-0.39, 0.29) is 16.6 Å². The number of carbonyl (C=O) groups excluding carboxylic acids is 1. The van der Waals surface area contributed by atoms with Gasteiger partial charge in [-0.25, -0.2) is 4.79 Å². The predicted octanol–water partition coefficient (Wildman–Crippen LogP) is 9.64. The van der Waals surface area contributed by atoms with Gasteiger partial charge in [-0.3, -0.25) is 4.79 Å². The number of hydrogen-bond donors (Lipinski definition) is 1. The second-order valence-corrected chi connectivity index (χ2v) is 13.2. The Morgan fingerprint density at radius 3 is 1.32 bits per heavy atom. The molecule has 0 unspecified atom stereocenters. The molecule has 0 fully saturated rings. The fourth-order valence-electron chi connectivity index (χ4n) is 4.85. The minimum atomic E-state index is -0.905. The fourth-order valence-corrected chi connectivity index (χ4v) is 4.85. The minimum absolute atomic E-state index is 0.0794. The summed E-state index contributed by atoms with van der Waals surface area (Å²) in [5.74, 6) is 0.799. The van der Waals surface area contributed by atoms with Gasteiger partial charge in [-0.1, -0.05) is 102 Å². The van der Waals surface area contributed by atoms with Crippen molar-refractivity contribution in [3.05, 3.63) is 129 Å². The molecule has 0 aliphatic rings. The maximum atomic E-state index is 11.8. The summed E-state index contributed by atoms with van der Waals surface area (Å²) in [5.41, 5.74) is 6.71. The zero-order valence-electron chi connectivity index (χ0n) is 27.6. The van der Waals surface area contributed by atoms with Crippen LogP contribution >= 0.6 is 0 Å². The van der Waals surface area contributed by atoms with E-state index in [2.05, 4.69) is 41.5 Å². The molecule has 0 bridgehead atoms. The lowest BCUT2D eigenvalue weighted by Gasteiger charge is -2.24. The molecule has 0 heterocycles. The predicted molar refractivity (Wildman–Crippen MR) is 178 cm³/mol. The van der Waals surface area contributed by atoms with E-state index < -0.39 is 5.97 Å². The van der Waals surface area contributed by atoms with Gasteiger partial charge in [0.15, 0.2) is 5.78 Å². The fraction of sp³-hybridized carbons (Fsp3) is 0.333. The van der Waals surface area contributed by atoms with Gasteiger partial charge in [0.05, 0.1) is 5.56 Å². The average molecular weight is 595 g/mol. The van der Waals surface area contributed by atoms with Crippen molar-refractivity contribution in [2.24, 2.45) is 0 Å². The summed E-state index contributed by atoms with van der Waals surface area (Å²) in [6.07, 6.45) is 0. The zero-order chi connectivity index (χ0) is 32.7. The largest absolute Gasteiger partial charge is 0.489 e. The molecular formula is C39H46O5. The van der Waals surface area contributed by atoms with Crippen molar-refractivity contribution in [2.45, 2.75) is 86.4 Å². The molecule has 0 saturated carbocycles. The molecule has 0 aliphatic heterocycles. The summed E-state index contributed by atoms with van der Waals surface area (Å²) >= 11 is 0. The van der Waals surface area contributed by atoms with Crippen molar-refractivity contribution in [3.8, 4) is 11.5 Å². The second kappa shape index (κ2) is 14.4. The average Bonchev–Trinajstić information content (AvgIpc) is 2.94. The van der Waals surface area contributed by atoms with Crippen LogP contribution in [0.25, 0.3) is 0 Å². The number of aromatic carboxylic acids is 1. The van der Waals surface area contributed by atoms with Crippen LogP contribution < -0.4 is 9.47 Å². The van der Waals surface area contributed by atoms with E-state index >= 15 is 0 Å². The van der Waals surface area contributed by atoms with Gasteiger partial charge in [-0.2, -0.15) is 0 Å². The van der Waals surface area contributed by atoms with Crippen molar-refractivity contribution in [1.82, 2.24) is 0 Å². The summed E-state index contributed by atoms with van der Waals surface area (Å²) in [5, 5.41) is 9.31.